The molecule has 34 heavy (non-hydrogen) atoms. The van der Waals surface area contributed by atoms with E-state index in [9.17, 15) is 4.79 Å². The van der Waals surface area contributed by atoms with Crippen LogP contribution >= 0.6 is 11.3 Å². The van der Waals surface area contributed by atoms with Crippen molar-refractivity contribution in [3.05, 3.63) is 48.9 Å². The first-order valence-corrected chi connectivity index (χ1v) is 11.5. The molecule has 5 rings (SSSR count). The third-order valence-corrected chi connectivity index (χ3v) is 6.22. The number of nitrogens with two attached hydrogens (primary N) is 1. The quantitative estimate of drug-likeness (QED) is 0.390. The Morgan fingerprint density at radius 3 is 2.76 bits per heavy atom. The molecule has 0 spiro atoms. The van der Waals surface area contributed by atoms with Gasteiger partial charge in [0.1, 0.15) is 24.4 Å². The molecule has 1 amide bonds. The zero-order valence-corrected chi connectivity index (χ0v) is 19.0. The maximum absolute atomic E-state index is 11.0. The Labute approximate surface area is 199 Å². The number of rotatable bonds is 8. The van der Waals surface area contributed by atoms with Crippen molar-refractivity contribution in [1.82, 2.24) is 24.5 Å². The van der Waals surface area contributed by atoms with Crippen molar-refractivity contribution < 1.29 is 19.0 Å². The van der Waals surface area contributed by atoms with Gasteiger partial charge in [-0.2, -0.15) is 5.10 Å². The summed E-state index contributed by atoms with van der Waals surface area (Å²) in [5, 5.41) is 8.00. The van der Waals surface area contributed by atoms with Gasteiger partial charge in [0.05, 0.1) is 24.3 Å². The van der Waals surface area contributed by atoms with E-state index in [0.717, 1.165) is 49.2 Å². The number of fused-ring (bicyclic) bond motifs is 1. The summed E-state index contributed by atoms with van der Waals surface area (Å²) in [6, 6.07) is 11.2. The first kappa shape index (κ1) is 22.1. The van der Waals surface area contributed by atoms with Crippen LogP contribution in [0.1, 0.15) is 0 Å². The average molecular weight is 482 g/mol. The monoisotopic (exact) mass is 481 g/mol. The summed E-state index contributed by atoms with van der Waals surface area (Å²) in [6.45, 7) is 4.98. The van der Waals surface area contributed by atoms with E-state index in [1.165, 1.54) is 17.7 Å². The highest BCUT2D eigenvalue weighted by Gasteiger charge is 2.15. The van der Waals surface area contributed by atoms with Gasteiger partial charge in [-0.3, -0.25) is 4.90 Å². The Kier molecular flexibility index (Phi) is 6.51. The Hall–Kier alpha value is -3.74. The normalized spacial score (nSPS) is 14.2. The highest BCUT2D eigenvalue weighted by molar-refractivity contribution is 7.17. The topological polar surface area (TPSA) is 129 Å². The molecule has 4 aromatic rings. The van der Waals surface area contributed by atoms with Gasteiger partial charge in [-0.05, 0) is 36.4 Å². The van der Waals surface area contributed by atoms with Crippen molar-refractivity contribution in [3.63, 3.8) is 0 Å². The molecule has 1 aliphatic heterocycles. The Morgan fingerprint density at radius 1 is 1.15 bits per heavy atom. The Balaban J connectivity index is 1.25. The van der Waals surface area contributed by atoms with E-state index in [4.69, 9.17) is 19.9 Å². The molecule has 176 valence electrons. The zero-order chi connectivity index (χ0) is 23.3. The molecular weight excluding hydrogens is 458 g/mol. The maximum atomic E-state index is 11.0. The van der Waals surface area contributed by atoms with Gasteiger partial charge in [-0.15, -0.1) is 0 Å². The van der Waals surface area contributed by atoms with Crippen molar-refractivity contribution in [2.75, 3.05) is 44.8 Å². The maximum Gasteiger partial charge on any atom is 0.410 e. The summed E-state index contributed by atoms with van der Waals surface area (Å²) in [4.78, 5) is 23.0. The number of benzene rings is 1. The number of carbonyl (C=O) groups excluding carboxylic acids is 1. The van der Waals surface area contributed by atoms with E-state index in [-0.39, 0.29) is 0 Å². The minimum Gasteiger partial charge on any atom is -0.492 e. The highest BCUT2D eigenvalue weighted by atomic mass is 32.1. The van der Waals surface area contributed by atoms with Crippen molar-refractivity contribution >= 4 is 34.6 Å². The van der Waals surface area contributed by atoms with Gasteiger partial charge >= 0.3 is 6.09 Å². The average Bonchev–Trinajstić information content (AvgIpc) is 3.51. The molecule has 1 aliphatic rings. The van der Waals surface area contributed by atoms with Crippen molar-refractivity contribution in [1.29, 1.82) is 0 Å². The van der Waals surface area contributed by atoms with E-state index in [2.05, 4.69) is 25.3 Å². The highest BCUT2D eigenvalue weighted by Crippen LogP contribution is 2.33. The predicted molar refractivity (Wildman–Crippen MR) is 127 cm³/mol. The van der Waals surface area contributed by atoms with Crippen molar-refractivity contribution in [2.24, 2.45) is 5.73 Å². The molecule has 0 aliphatic carbocycles. The first-order valence-electron chi connectivity index (χ1n) is 10.7. The molecule has 0 bridgehead atoms. The molecule has 1 aromatic carbocycles. The molecule has 3 aromatic heterocycles. The third kappa shape index (κ3) is 5.09. The van der Waals surface area contributed by atoms with Crippen LogP contribution in [0.3, 0.4) is 0 Å². The number of hydrogen-bond acceptors (Lipinski definition) is 10. The van der Waals surface area contributed by atoms with Gasteiger partial charge in [-0.25, -0.2) is 19.3 Å². The number of aromatic nitrogens is 4. The number of nitrogens with zero attached hydrogens (tertiary/aromatic N) is 5. The second-order valence-corrected chi connectivity index (χ2v) is 8.53. The number of nitrogens with one attached hydrogen (secondary N) is 1. The lowest BCUT2D eigenvalue weighted by molar-refractivity contribution is 0.0322. The summed E-state index contributed by atoms with van der Waals surface area (Å²) in [7, 11) is 0. The Morgan fingerprint density at radius 2 is 1.97 bits per heavy atom. The molecule has 1 saturated heterocycles. The van der Waals surface area contributed by atoms with Gasteiger partial charge in [0, 0.05) is 25.3 Å². The van der Waals surface area contributed by atoms with Crippen molar-refractivity contribution in [3.8, 4) is 21.4 Å². The number of amides is 1. The lowest BCUT2D eigenvalue weighted by atomic mass is 10.3. The largest absolute Gasteiger partial charge is 0.492 e. The zero-order valence-electron chi connectivity index (χ0n) is 18.2. The molecule has 3 N–H and O–H groups in total. The SMILES string of the molecule is NC(=O)Oc1ccc(-c2cnc(Nc3ccc(OCCN4CCOCC4)cc3)c3ncnn23)s1. The first-order chi connectivity index (χ1) is 16.7. The summed E-state index contributed by atoms with van der Waals surface area (Å²) < 4.78 is 17.9. The minimum atomic E-state index is -0.856. The third-order valence-electron chi connectivity index (χ3n) is 5.24. The predicted octanol–water partition coefficient (Wildman–Crippen LogP) is 2.76. The summed E-state index contributed by atoms with van der Waals surface area (Å²) in [5.74, 6) is 1.37. The molecule has 4 heterocycles. The van der Waals surface area contributed by atoms with Gasteiger partial charge < -0.3 is 25.3 Å². The fourth-order valence-electron chi connectivity index (χ4n) is 3.57. The molecule has 11 nitrogen and oxygen atoms in total. The van der Waals surface area contributed by atoms with Crippen LogP contribution in [-0.4, -0.2) is 70.0 Å². The van der Waals surface area contributed by atoms with Crippen LogP contribution in [0.25, 0.3) is 16.2 Å². The lowest BCUT2D eigenvalue weighted by Crippen LogP contribution is -2.38. The number of thiophene rings is 1. The number of ether oxygens (including phenoxy) is 3. The molecular formula is C22H23N7O4S. The Bertz CT molecular complexity index is 1270. The van der Waals surface area contributed by atoms with Crippen LogP contribution in [0.15, 0.2) is 48.9 Å². The van der Waals surface area contributed by atoms with Crippen LogP contribution < -0.4 is 20.5 Å². The van der Waals surface area contributed by atoms with E-state index >= 15 is 0 Å². The van der Waals surface area contributed by atoms with E-state index in [0.29, 0.717) is 28.8 Å². The van der Waals surface area contributed by atoms with Crippen LogP contribution in [0, 0.1) is 0 Å². The molecule has 12 heteroatoms. The molecule has 1 fully saturated rings. The summed E-state index contributed by atoms with van der Waals surface area (Å²) >= 11 is 1.26. The second kappa shape index (κ2) is 10.0. The second-order valence-electron chi connectivity index (χ2n) is 7.48. The summed E-state index contributed by atoms with van der Waals surface area (Å²) in [5.41, 5.74) is 7.21. The fraction of sp³-hybridized carbons (Fsp3) is 0.273. The number of carbonyl (C=O) groups is 1. The van der Waals surface area contributed by atoms with Gasteiger partial charge in [0.25, 0.3) is 0 Å². The van der Waals surface area contributed by atoms with Gasteiger partial charge in [-0.1, -0.05) is 11.3 Å². The van der Waals surface area contributed by atoms with Gasteiger partial charge in [0.2, 0.25) is 0 Å². The van der Waals surface area contributed by atoms with Crippen LogP contribution in [0.2, 0.25) is 0 Å². The fourth-order valence-corrected chi connectivity index (χ4v) is 4.43. The molecule has 0 saturated carbocycles. The number of primary amides is 1. The smallest absolute Gasteiger partial charge is 0.410 e. The van der Waals surface area contributed by atoms with Gasteiger partial charge in [0.15, 0.2) is 16.5 Å². The lowest BCUT2D eigenvalue weighted by Gasteiger charge is -2.26. The molecule has 0 unspecified atom stereocenters. The van der Waals surface area contributed by atoms with Crippen LogP contribution in [-0.2, 0) is 4.74 Å². The number of anilines is 2. The van der Waals surface area contributed by atoms with Crippen molar-refractivity contribution in [2.45, 2.75) is 0 Å². The van der Waals surface area contributed by atoms with E-state index in [1.807, 2.05) is 30.3 Å². The van der Waals surface area contributed by atoms with Crippen LogP contribution in [0.5, 0.6) is 10.8 Å². The standard InChI is InChI=1S/C22H23N7O4S/c23-22(30)33-19-6-5-18(34-19)17-13-24-20(21-25-14-26-29(17)21)27-15-1-3-16(4-2-15)32-12-9-28-7-10-31-11-8-28/h1-6,13-14H,7-12H2,(H2,23,30)(H,24,27). The summed E-state index contributed by atoms with van der Waals surface area (Å²) in [6.07, 6.45) is 2.30. The number of hydrogen-bond donors (Lipinski definition) is 2. The number of morpholine rings is 1. The van der Waals surface area contributed by atoms with E-state index < -0.39 is 6.09 Å². The molecule has 0 atom stereocenters. The van der Waals surface area contributed by atoms with Crippen LogP contribution in [0.4, 0.5) is 16.3 Å². The van der Waals surface area contributed by atoms with E-state index in [1.54, 1.807) is 16.8 Å². The molecule has 0 radical (unpaired) electrons. The minimum absolute atomic E-state index is 0.394.